The Morgan fingerprint density at radius 3 is 2.91 bits per heavy atom. The normalized spacial score (nSPS) is 16.1. The largest absolute Gasteiger partial charge is 0.390 e. The SMILES string of the molecule is OC(CNc1ccnc(Cl)c1)CN1CCc2ccccc2C1. The van der Waals surface area contributed by atoms with E-state index >= 15 is 0 Å². The third-order valence-corrected chi connectivity index (χ3v) is 4.15. The average Bonchev–Trinajstić information content (AvgIpc) is 2.53. The van der Waals surface area contributed by atoms with Crippen molar-refractivity contribution < 1.29 is 5.11 Å². The minimum absolute atomic E-state index is 0.419. The van der Waals surface area contributed by atoms with Crippen LogP contribution in [0.1, 0.15) is 11.1 Å². The molecule has 116 valence electrons. The summed E-state index contributed by atoms with van der Waals surface area (Å²) in [5.74, 6) is 0. The van der Waals surface area contributed by atoms with Gasteiger partial charge in [0.1, 0.15) is 5.15 Å². The first-order valence-corrected chi connectivity index (χ1v) is 7.91. The number of hydrogen-bond acceptors (Lipinski definition) is 4. The second kappa shape index (κ2) is 7.09. The van der Waals surface area contributed by atoms with Gasteiger partial charge in [-0.05, 0) is 29.7 Å². The molecule has 2 aromatic rings. The quantitative estimate of drug-likeness (QED) is 0.832. The first-order chi connectivity index (χ1) is 10.7. The van der Waals surface area contributed by atoms with E-state index in [0.717, 1.165) is 25.2 Å². The lowest BCUT2D eigenvalue weighted by molar-refractivity contribution is 0.114. The van der Waals surface area contributed by atoms with E-state index in [0.29, 0.717) is 18.2 Å². The van der Waals surface area contributed by atoms with Gasteiger partial charge in [0.15, 0.2) is 0 Å². The zero-order chi connectivity index (χ0) is 15.4. The maximum atomic E-state index is 10.2. The van der Waals surface area contributed by atoms with Crippen molar-refractivity contribution in [2.24, 2.45) is 0 Å². The van der Waals surface area contributed by atoms with Crippen LogP contribution < -0.4 is 5.32 Å². The predicted molar refractivity (Wildman–Crippen MR) is 89.2 cm³/mol. The van der Waals surface area contributed by atoms with Gasteiger partial charge in [-0.1, -0.05) is 35.9 Å². The highest BCUT2D eigenvalue weighted by molar-refractivity contribution is 6.29. The van der Waals surface area contributed by atoms with Crippen LogP contribution in [0.4, 0.5) is 5.69 Å². The van der Waals surface area contributed by atoms with Crippen LogP contribution in [-0.4, -0.2) is 40.7 Å². The molecule has 0 radical (unpaired) electrons. The Hall–Kier alpha value is -1.62. The van der Waals surface area contributed by atoms with Crippen LogP contribution in [0.25, 0.3) is 0 Å². The summed E-state index contributed by atoms with van der Waals surface area (Å²) in [6.45, 7) is 3.07. The van der Waals surface area contributed by atoms with Crippen LogP contribution in [0.15, 0.2) is 42.6 Å². The van der Waals surface area contributed by atoms with Crippen molar-refractivity contribution in [2.45, 2.75) is 19.1 Å². The Morgan fingerprint density at radius 2 is 2.09 bits per heavy atom. The maximum absolute atomic E-state index is 10.2. The number of benzene rings is 1. The van der Waals surface area contributed by atoms with E-state index in [1.165, 1.54) is 11.1 Å². The highest BCUT2D eigenvalue weighted by Crippen LogP contribution is 2.18. The molecule has 4 nitrogen and oxygen atoms in total. The third kappa shape index (κ3) is 3.97. The zero-order valence-electron chi connectivity index (χ0n) is 12.4. The van der Waals surface area contributed by atoms with E-state index in [1.54, 1.807) is 12.3 Å². The molecule has 1 aliphatic heterocycles. The smallest absolute Gasteiger partial charge is 0.131 e. The van der Waals surface area contributed by atoms with Crippen LogP contribution in [0, 0.1) is 0 Å². The average molecular weight is 318 g/mol. The van der Waals surface area contributed by atoms with Gasteiger partial charge < -0.3 is 10.4 Å². The van der Waals surface area contributed by atoms with Crippen LogP contribution in [-0.2, 0) is 13.0 Å². The summed E-state index contributed by atoms with van der Waals surface area (Å²) in [5, 5.41) is 13.9. The summed E-state index contributed by atoms with van der Waals surface area (Å²) in [6.07, 6.45) is 2.28. The van der Waals surface area contributed by atoms with Crippen molar-refractivity contribution >= 4 is 17.3 Å². The first kappa shape index (κ1) is 15.3. The molecule has 0 fully saturated rings. The van der Waals surface area contributed by atoms with Crippen molar-refractivity contribution in [1.29, 1.82) is 0 Å². The molecule has 0 spiro atoms. The maximum Gasteiger partial charge on any atom is 0.131 e. The molecular formula is C17H20ClN3O. The Kier molecular flexibility index (Phi) is 4.93. The Balaban J connectivity index is 1.49. The number of halogens is 1. The molecule has 0 saturated heterocycles. The van der Waals surface area contributed by atoms with Gasteiger partial charge in [0.25, 0.3) is 0 Å². The van der Waals surface area contributed by atoms with Crippen LogP contribution in [0.3, 0.4) is 0 Å². The molecule has 1 aliphatic rings. The summed E-state index contributed by atoms with van der Waals surface area (Å²) in [7, 11) is 0. The second-order valence-electron chi connectivity index (χ2n) is 5.66. The topological polar surface area (TPSA) is 48.4 Å². The molecule has 3 rings (SSSR count). The molecule has 0 saturated carbocycles. The van der Waals surface area contributed by atoms with Crippen LogP contribution >= 0.6 is 11.6 Å². The summed E-state index contributed by atoms with van der Waals surface area (Å²) in [5.41, 5.74) is 3.68. The number of hydrogen-bond donors (Lipinski definition) is 2. The molecule has 0 amide bonds. The number of aliphatic hydroxyl groups is 1. The van der Waals surface area contributed by atoms with E-state index in [1.807, 2.05) is 6.07 Å². The molecule has 0 aliphatic carbocycles. The summed E-state index contributed by atoms with van der Waals surface area (Å²) < 4.78 is 0. The number of aromatic nitrogens is 1. The van der Waals surface area contributed by atoms with Crippen molar-refractivity contribution in [3.05, 3.63) is 58.9 Å². The van der Waals surface area contributed by atoms with Gasteiger partial charge >= 0.3 is 0 Å². The number of nitrogens with zero attached hydrogens (tertiary/aromatic N) is 2. The van der Waals surface area contributed by atoms with E-state index in [9.17, 15) is 5.11 Å². The lowest BCUT2D eigenvalue weighted by Gasteiger charge is -2.30. The fraction of sp³-hybridized carbons (Fsp3) is 0.353. The Bertz CT molecular complexity index is 635. The van der Waals surface area contributed by atoms with Gasteiger partial charge in [-0.3, -0.25) is 4.90 Å². The van der Waals surface area contributed by atoms with Gasteiger partial charge in [0, 0.05) is 38.1 Å². The number of β-amino-alcohol motifs (C(OH)–C–C–N with tert-alkyl or cyclic N) is 1. The standard InChI is InChI=1S/C17H20ClN3O/c18-17-9-15(5-7-19-17)20-10-16(22)12-21-8-6-13-3-1-2-4-14(13)11-21/h1-5,7,9,16,22H,6,8,10-12H2,(H,19,20). The second-order valence-corrected chi connectivity index (χ2v) is 6.04. The monoisotopic (exact) mass is 317 g/mol. The van der Waals surface area contributed by atoms with Gasteiger partial charge in [-0.25, -0.2) is 4.98 Å². The highest BCUT2D eigenvalue weighted by Gasteiger charge is 2.18. The highest BCUT2D eigenvalue weighted by atomic mass is 35.5. The van der Waals surface area contributed by atoms with Gasteiger partial charge in [-0.15, -0.1) is 0 Å². The minimum atomic E-state index is -0.419. The fourth-order valence-electron chi connectivity index (χ4n) is 2.82. The number of fused-ring (bicyclic) bond motifs is 1. The molecule has 1 unspecified atom stereocenters. The lowest BCUT2D eigenvalue weighted by Crippen LogP contribution is -2.39. The first-order valence-electron chi connectivity index (χ1n) is 7.53. The van der Waals surface area contributed by atoms with Crippen molar-refractivity contribution in [1.82, 2.24) is 9.88 Å². The van der Waals surface area contributed by atoms with Gasteiger partial charge in [-0.2, -0.15) is 0 Å². The molecular weight excluding hydrogens is 298 g/mol. The van der Waals surface area contributed by atoms with Gasteiger partial charge in [0.05, 0.1) is 6.10 Å². The number of rotatable bonds is 5. The molecule has 1 atom stereocenters. The molecule has 2 N–H and O–H groups in total. The Morgan fingerprint density at radius 1 is 1.27 bits per heavy atom. The van der Waals surface area contributed by atoms with Crippen molar-refractivity contribution in [3.63, 3.8) is 0 Å². The lowest BCUT2D eigenvalue weighted by atomic mass is 10.00. The number of aliphatic hydroxyl groups excluding tert-OH is 1. The van der Waals surface area contributed by atoms with Crippen LogP contribution in [0.5, 0.6) is 0 Å². The fourth-order valence-corrected chi connectivity index (χ4v) is 2.99. The minimum Gasteiger partial charge on any atom is -0.390 e. The molecule has 0 bridgehead atoms. The van der Waals surface area contributed by atoms with E-state index in [4.69, 9.17) is 11.6 Å². The molecule has 22 heavy (non-hydrogen) atoms. The molecule has 1 aromatic heterocycles. The number of nitrogens with one attached hydrogen (secondary N) is 1. The molecule has 2 heterocycles. The van der Waals surface area contributed by atoms with Gasteiger partial charge in [0.2, 0.25) is 0 Å². The van der Waals surface area contributed by atoms with Crippen molar-refractivity contribution in [3.8, 4) is 0 Å². The summed E-state index contributed by atoms with van der Waals surface area (Å²) in [6, 6.07) is 12.1. The van der Waals surface area contributed by atoms with E-state index < -0.39 is 6.10 Å². The molecule has 5 heteroatoms. The number of pyridine rings is 1. The van der Waals surface area contributed by atoms with E-state index in [-0.39, 0.29) is 0 Å². The Labute approximate surface area is 135 Å². The van der Waals surface area contributed by atoms with E-state index in [2.05, 4.69) is 39.5 Å². The third-order valence-electron chi connectivity index (χ3n) is 3.95. The predicted octanol–water partition coefficient (Wildman–Crippen LogP) is 2.57. The van der Waals surface area contributed by atoms with Crippen LogP contribution in [0.2, 0.25) is 5.15 Å². The summed E-state index contributed by atoms with van der Waals surface area (Å²) >= 11 is 5.84. The zero-order valence-corrected chi connectivity index (χ0v) is 13.1. The van der Waals surface area contributed by atoms with Crippen molar-refractivity contribution in [2.75, 3.05) is 25.0 Å². The summed E-state index contributed by atoms with van der Waals surface area (Å²) in [4.78, 5) is 6.24. The molecule has 1 aromatic carbocycles. The number of anilines is 1.